The smallest absolute Gasteiger partial charge is 0.301 e. The highest BCUT2D eigenvalue weighted by Gasteiger charge is 2.48. The number of benzene rings is 2. The topological polar surface area (TPSA) is 83.0 Å². The van der Waals surface area contributed by atoms with Gasteiger partial charge in [0.2, 0.25) is 0 Å². The third-order valence-electron chi connectivity index (χ3n) is 5.38. The molecule has 4 rings (SSSR count). The lowest BCUT2D eigenvalue weighted by Crippen LogP contribution is -2.29. The Morgan fingerprint density at radius 2 is 1.94 bits per heavy atom. The highest BCUT2D eigenvalue weighted by atomic mass is 32.1. The molecule has 0 radical (unpaired) electrons. The van der Waals surface area contributed by atoms with E-state index in [9.17, 15) is 14.7 Å². The van der Waals surface area contributed by atoms with Crippen LogP contribution in [0, 0.1) is 0 Å². The van der Waals surface area contributed by atoms with Crippen LogP contribution in [-0.2, 0) is 9.59 Å². The Bertz CT molecular complexity index is 1190. The van der Waals surface area contributed by atoms with Gasteiger partial charge in [0.25, 0.3) is 5.78 Å². The zero-order chi connectivity index (χ0) is 23.5. The molecular weight excluding hydrogens is 438 g/mol. The summed E-state index contributed by atoms with van der Waals surface area (Å²) in [5.74, 6) is -1.12. The van der Waals surface area contributed by atoms with E-state index in [1.807, 2.05) is 50.2 Å². The van der Waals surface area contributed by atoms with Gasteiger partial charge in [-0.25, -0.2) is 4.98 Å². The summed E-state index contributed by atoms with van der Waals surface area (Å²) < 4.78 is 5.67. The maximum absolute atomic E-state index is 13.2. The summed E-state index contributed by atoms with van der Waals surface area (Å²) in [5, 5.41) is 13.4. The number of ether oxygens (including phenoxy) is 1. The van der Waals surface area contributed by atoms with Crippen molar-refractivity contribution >= 4 is 39.6 Å². The van der Waals surface area contributed by atoms with Gasteiger partial charge in [-0.2, -0.15) is 0 Å². The van der Waals surface area contributed by atoms with Crippen LogP contribution in [0.15, 0.2) is 65.7 Å². The van der Waals surface area contributed by atoms with Crippen LogP contribution in [0.5, 0.6) is 5.75 Å². The summed E-state index contributed by atoms with van der Waals surface area (Å²) in [6.45, 7) is 2.54. The second-order valence-electron chi connectivity index (χ2n) is 7.85. The largest absolute Gasteiger partial charge is 0.507 e. The second-order valence-corrected chi connectivity index (χ2v) is 8.72. The van der Waals surface area contributed by atoms with Gasteiger partial charge in [-0.15, -0.1) is 11.3 Å². The molecule has 1 atom stereocenters. The fourth-order valence-corrected chi connectivity index (χ4v) is 4.41. The predicted molar refractivity (Wildman–Crippen MR) is 130 cm³/mol. The number of thiazole rings is 1. The normalized spacial score (nSPS) is 17.4. The molecule has 2 aromatic carbocycles. The van der Waals surface area contributed by atoms with Crippen molar-refractivity contribution in [1.29, 1.82) is 0 Å². The first-order chi connectivity index (χ1) is 15.9. The number of carbonyl (C=O) groups excluding carboxylic acids is 2. The van der Waals surface area contributed by atoms with E-state index in [2.05, 4.69) is 4.98 Å². The van der Waals surface area contributed by atoms with Gasteiger partial charge >= 0.3 is 5.91 Å². The Morgan fingerprint density at radius 1 is 1.18 bits per heavy atom. The maximum Gasteiger partial charge on any atom is 0.301 e. The Kier molecular flexibility index (Phi) is 6.46. The van der Waals surface area contributed by atoms with Crippen LogP contribution in [0.4, 0.5) is 10.8 Å². The molecule has 33 heavy (non-hydrogen) atoms. The number of aliphatic hydroxyl groups is 1. The van der Waals surface area contributed by atoms with Crippen molar-refractivity contribution in [2.45, 2.75) is 19.4 Å². The summed E-state index contributed by atoms with van der Waals surface area (Å²) in [6.07, 6.45) is 2.43. The number of hydrogen-bond donors (Lipinski definition) is 1. The van der Waals surface area contributed by atoms with Crippen LogP contribution in [0.1, 0.15) is 30.5 Å². The Morgan fingerprint density at radius 3 is 2.58 bits per heavy atom. The number of aromatic nitrogens is 1. The summed E-state index contributed by atoms with van der Waals surface area (Å²) in [6, 6.07) is 13.7. The summed E-state index contributed by atoms with van der Waals surface area (Å²) in [5.41, 5.74) is 2.12. The van der Waals surface area contributed by atoms with Gasteiger partial charge in [0.05, 0.1) is 18.2 Å². The number of Topliss-reactive ketones (excluding diaryl/α,β-unsaturated/α-hetero) is 1. The van der Waals surface area contributed by atoms with Crippen molar-refractivity contribution < 1.29 is 19.4 Å². The molecule has 2 heterocycles. The molecule has 1 fully saturated rings. The first kappa shape index (κ1) is 22.5. The molecule has 8 heteroatoms. The number of aliphatic hydroxyl groups excluding tert-OH is 1. The van der Waals surface area contributed by atoms with Crippen molar-refractivity contribution in [3.8, 4) is 5.75 Å². The third-order valence-corrected chi connectivity index (χ3v) is 6.15. The molecule has 1 unspecified atom stereocenters. The summed E-state index contributed by atoms with van der Waals surface area (Å²) >= 11 is 1.26. The van der Waals surface area contributed by atoms with Crippen molar-refractivity contribution in [2.24, 2.45) is 0 Å². The highest BCUT2D eigenvalue weighted by molar-refractivity contribution is 7.14. The molecule has 0 aliphatic carbocycles. The average Bonchev–Trinajstić information content (AvgIpc) is 3.44. The summed E-state index contributed by atoms with van der Waals surface area (Å²) in [4.78, 5) is 33.8. The second kappa shape index (κ2) is 9.46. The number of ketones is 1. The number of amides is 1. The van der Waals surface area contributed by atoms with E-state index >= 15 is 0 Å². The standard InChI is InChI=1S/C25H25N3O4S/c1-4-13-32-19-7-5-6-17(15-19)22(29)20-21(16-8-10-18(11-9-16)27(2)3)28(24(31)23(20)30)25-26-12-14-33-25/h5-12,14-15,21,29H,4,13H2,1-3H3/b22-20+. The maximum atomic E-state index is 13.2. The number of rotatable bonds is 7. The molecular formula is C25H25N3O4S. The number of nitrogens with zero attached hydrogens (tertiary/aromatic N) is 3. The molecule has 1 aliphatic rings. The zero-order valence-electron chi connectivity index (χ0n) is 18.7. The lowest BCUT2D eigenvalue weighted by molar-refractivity contribution is -0.132. The number of anilines is 2. The molecule has 0 saturated carbocycles. The van der Waals surface area contributed by atoms with Gasteiger partial charge in [-0.05, 0) is 36.2 Å². The van der Waals surface area contributed by atoms with Crippen molar-refractivity contribution in [2.75, 3.05) is 30.5 Å². The van der Waals surface area contributed by atoms with E-state index in [1.165, 1.54) is 16.2 Å². The average molecular weight is 464 g/mol. The molecule has 1 amide bonds. The Hall–Kier alpha value is -3.65. The van der Waals surface area contributed by atoms with Gasteiger partial charge in [0.1, 0.15) is 11.5 Å². The minimum atomic E-state index is -0.799. The molecule has 0 spiro atoms. The van der Waals surface area contributed by atoms with E-state index < -0.39 is 17.7 Å². The minimum Gasteiger partial charge on any atom is -0.507 e. The van der Waals surface area contributed by atoms with Crippen LogP contribution in [-0.4, -0.2) is 42.5 Å². The van der Waals surface area contributed by atoms with Crippen molar-refractivity contribution in [3.63, 3.8) is 0 Å². The van der Waals surface area contributed by atoms with Crippen LogP contribution < -0.4 is 14.5 Å². The van der Waals surface area contributed by atoms with E-state index in [0.29, 0.717) is 28.6 Å². The minimum absolute atomic E-state index is 0.0282. The van der Waals surface area contributed by atoms with Crippen LogP contribution >= 0.6 is 11.3 Å². The Labute approximate surface area is 196 Å². The fourth-order valence-electron chi connectivity index (χ4n) is 3.74. The highest BCUT2D eigenvalue weighted by Crippen LogP contribution is 2.43. The zero-order valence-corrected chi connectivity index (χ0v) is 19.5. The van der Waals surface area contributed by atoms with Gasteiger partial charge in [-0.3, -0.25) is 14.5 Å². The quantitative estimate of drug-likeness (QED) is 0.313. The lowest BCUT2D eigenvalue weighted by Gasteiger charge is -2.23. The molecule has 7 nitrogen and oxygen atoms in total. The van der Waals surface area contributed by atoms with E-state index in [0.717, 1.165) is 12.1 Å². The Balaban J connectivity index is 1.85. The van der Waals surface area contributed by atoms with E-state index in [4.69, 9.17) is 4.74 Å². The number of carbonyl (C=O) groups is 2. The van der Waals surface area contributed by atoms with Crippen LogP contribution in [0.3, 0.4) is 0 Å². The fraction of sp³-hybridized carbons (Fsp3) is 0.240. The third kappa shape index (κ3) is 4.34. The van der Waals surface area contributed by atoms with Gasteiger partial charge in [-0.1, -0.05) is 31.2 Å². The SMILES string of the molecule is CCCOc1cccc(/C(O)=C2\C(=O)C(=O)N(c3nccs3)C2c2ccc(N(C)C)cc2)c1. The van der Waals surface area contributed by atoms with E-state index in [1.54, 1.807) is 35.8 Å². The molecule has 0 bridgehead atoms. The van der Waals surface area contributed by atoms with E-state index in [-0.39, 0.29) is 11.3 Å². The molecule has 3 aromatic rings. The van der Waals surface area contributed by atoms with Crippen molar-refractivity contribution in [3.05, 3.63) is 76.8 Å². The van der Waals surface area contributed by atoms with Gasteiger partial charge in [0.15, 0.2) is 5.13 Å². The van der Waals surface area contributed by atoms with Crippen molar-refractivity contribution in [1.82, 2.24) is 4.98 Å². The molecule has 1 N–H and O–H groups in total. The van der Waals surface area contributed by atoms with Crippen LogP contribution in [0.25, 0.3) is 5.76 Å². The molecule has 1 saturated heterocycles. The van der Waals surface area contributed by atoms with Gasteiger partial charge in [0, 0.05) is 36.9 Å². The van der Waals surface area contributed by atoms with Crippen LogP contribution in [0.2, 0.25) is 0 Å². The summed E-state index contributed by atoms with van der Waals surface area (Å²) in [7, 11) is 3.87. The monoisotopic (exact) mass is 463 g/mol. The molecule has 1 aliphatic heterocycles. The molecule has 170 valence electrons. The molecule has 1 aromatic heterocycles. The first-order valence-corrected chi connectivity index (χ1v) is 11.5. The number of hydrogen-bond acceptors (Lipinski definition) is 7. The lowest BCUT2D eigenvalue weighted by atomic mass is 9.95. The van der Waals surface area contributed by atoms with Gasteiger partial charge < -0.3 is 14.7 Å². The first-order valence-electron chi connectivity index (χ1n) is 10.6. The predicted octanol–water partition coefficient (Wildman–Crippen LogP) is 4.62.